The van der Waals surface area contributed by atoms with Crippen LogP contribution in [-0.4, -0.2) is 24.2 Å². The average molecular weight is 193 g/mol. The van der Waals surface area contributed by atoms with Gasteiger partial charge in [-0.3, -0.25) is 9.59 Å². The average Bonchev–Trinajstić information content (AvgIpc) is 2.00. The summed E-state index contributed by atoms with van der Waals surface area (Å²) in [7, 11) is 0. The number of primary amides is 1. The lowest BCUT2D eigenvalue weighted by Gasteiger charge is -2.01. The Bertz CT molecular complexity index is 161. The first-order chi connectivity index (χ1) is 5.66. The predicted octanol–water partition coefficient (Wildman–Crippen LogP) is -0.00300. The Morgan fingerprint density at radius 2 is 2.00 bits per heavy atom. The summed E-state index contributed by atoms with van der Waals surface area (Å²) in [4.78, 5) is 21.1. The summed E-state index contributed by atoms with van der Waals surface area (Å²) in [5.41, 5.74) is 4.87. The highest BCUT2D eigenvalue weighted by Gasteiger charge is 2.00. The molecule has 2 amide bonds. The minimum Gasteiger partial charge on any atom is -0.370 e. The van der Waals surface area contributed by atoms with Crippen molar-refractivity contribution in [3.05, 3.63) is 0 Å². The van der Waals surface area contributed by atoms with Gasteiger partial charge in [0.15, 0.2) is 0 Å². The van der Waals surface area contributed by atoms with Crippen molar-refractivity contribution in [2.75, 3.05) is 12.4 Å². The molecule has 0 aliphatic rings. The number of alkyl halides is 1. The summed E-state index contributed by atoms with van der Waals surface area (Å²) >= 11 is 5.38. The number of rotatable bonds is 6. The predicted molar refractivity (Wildman–Crippen MR) is 46.8 cm³/mol. The third-order valence-corrected chi connectivity index (χ3v) is 1.50. The van der Waals surface area contributed by atoms with Gasteiger partial charge in [-0.2, -0.15) is 0 Å². The zero-order valence-corrected chi connectivity index (χ0v) is 7.56. The Morgan fingerprint density at radius 3 is 2.50 bits per heavy atom. The van der Waals surface area contributed by atoms with Crippen LogP contribution < -0.4 is 11.1 Å². The Hall–Kier alpha value is -0.770. The van der Waals surface area contributed by atoms with Crippen molar-refractivity contribution >= 4 is 23.4 Å². The molecule has 0 atom stereocenters. The smallest absolute Gasteiger partial charge is 0.220 e. The molecule has 0 aliphatic carbocycles. The van der Waals surface area contributed by atoms with Crippen molar-refractivity contribution in [3.63, 3.8) is 0 Å². The van der Waals surface area contributed by atoms with Crippen LogP contribution in [0.15, 0.2) is 0 Å². The van der Waals surface area contributed by atoms with Crippen LogP contribution in [0.4, 0.5) is 0 Å². The molecule has 0 unspecified atom stereocenters. The number of hydrogen-bond donors (Lipinski definition) is 2. The van der Waals surface area contributed by atoms with E-state index in [-0.39, 0.29) is 12.3 Å². The van der Waals surface area contributed by atoms with Gasteiger partial charge in [0, 0.05) is 25.3 Å². The molecule has 0 saturated carbocycles. The molecule has 0 spiro atoms. The van der Waals surface area contributed by atoms with Crippen LogP contribution in [0, 0.1) is 0 Å². The van der Waals surface area contributed by atoms with Gasteiger partial charge in [0.05, 0.1) is 0 Å². The van der Waals surface area contributed by atoms with Gasteiger partial charge < -0.3 is 11.1 Å². The third-order valence-electron chi connectivity index (χ3n) is 1.23. The number of nitrogens with one attached hydrogen (secondary N) is 1. The first-order valence-corrected chi connectivity index (χ1v) is 4.31. The third kappa shape index (κ3) is 7.34. The molecule has 70 valence electrons. The maximum atomic E-state index is 10.9. The lowest BCUT2D eigenvalue weighted by molar-refractivity contribution is -0.121. The van der Waals surface area contributed by atoms with E-state index in [1.54, 1.807) is 0 Å². The van der Waals surface area contributed by atoms with Gasteiger partial charge in [0.25, 0.3) is 0 Å². The van der Waals surface area contributed by atoms with E-state index < -0.39 is 5.91 Å². The van der Waals surface area contributed by atoms with Gasteiger partial charge in [-0.05, 0) is 6.42 Å². The van der Waals surface area contributed by atoms with Crippen molar-refractivity contribution in [2.45, 2.75) is 19.3 Å². The molecule has 0 fully saturated rings. The quantitative estimate of drug-likeness (QED) is 0.582. The second-order valence-electron chi connectivity index (χ2n) is 2.36. The van der Waals surface area contributed by atoms with E-state index in [2.05, 4.69) is 5.32 Å². The van der Waals surface area contributed by atoms with Gasteiger partial charge in [0.1, 0.15) is 0 Å². The highest BCUT2D eigenvalue weighted by atomic mass is 35.5. The number of nitrogens with two attached hydrogens (primary N) is 1. The summed E-state index contributed by atoms with van der Waals surface area (Å²) in [5, 5.41) is 2.55. The van der Waals surface area contributed by atoms with Crippen molar-refractivity contribution < 1.29 is 9.59 Å². The summed E-state index contributed by atoms with van der Waals surface area (Å²) in [5.74, 6) is -0.0204. The molecule has 12 heavy (non-hydrogen) atoms. The van der Waals surface area contributed by atoms with Crippen LogP contribution in [0.1, 0.15) is 19.3 Å². The normalized spacial score (nSPS) is 9.42. The van der Waals surface area contributed by atoms with Crippen LogP contribution in [0.25, 0.3) is 0 Å². The first-order valence-electron chi connectivity index (χ1n) is 3.77. The van der Waals surface area contributed by atoms with Gasteiger partial charge in [-0.15, -0.1) is 11.6 Å². The van der Waals surface area contributed by atoms with Crippen LogP contribution in [0.3, 0.4) is 0 Å². The number of carbonyl (C=O) groups excluding carboxylic acids is 2. The molecule has 4 nitrogen and oxygen atoms in total. The molecule has 0 aliphatic heterocycles. The monoisotopic (exact) mass is 192 g/mol. The summed E-state index contributed by atoms with van der Waals surface area (Å²) < 4.78 is 0. The molecule has 0 aromatic carbocycles. The molecule has 0 saturated heterocycles. The molecule has 5 heteroatoms. The number of hydrogen-bond acceptors (Lipinski definition) is 2. The zero-order valence-electron chi connectivity index (χ0n) is 6.81. The maximum absolute atomic E-state index is 10.9. The van der Waals surface area contributed by atoms with Gasteiger partial charge in [-0.1, -0.05) is 0 Å². The zero-order chi connectivity index (χ0) is 9.40. The Kier molecular flexibility index (Phi) is 6.47. The Labute approximate surface area is 76.4 Å². The Balaban J connectivity index is 3.25. The summed E-state index contributed by atoms with van der Waals surface area (Å²) in [6.45, 7) is 0.316. The van der Waals surface area contributed by atoms with Gasteiger partial charge in [0.2, 0.25) is 11.8 Å². The van der Waals surface area contributed by atoms with E-state index in [0.717, 1.165) is 0 Å². The Morgan fingerprint density at radius 1 is 1.33 bits per heavy atom. The molecule has 0 aromatic heterocycles. The molecule has 0 bridgehead atoms. The fraction of sp³-hybridized carbons (Fsp3) is 0.714. The molecule has 0 radical (unpaired) electrons. The number of amides is 2. The molecular formula is C7H13ClN2O2. The van der Waals surface area contributed by atoms with E-state index in [1.807, 2.05) is 0 Å². The van der Waals surface area contributed by atoms with Gasteiger partial charge in [-0.25, -0.2) is 0 Å². The SMILES string of the molecule is NC(=O)CCNC(=O)CCCCl. The fourth-order valence-corrected chi connectivity index (χ4v) is 0.775. The van der Waals surface area contributed by atoms with Crippen LogP contribution in [0.5, 0.6) is 0 Å². The topological polar surface area (TPSA) is 72.2 Å². The standard InChI is InChI=1S/C7H13ClN2O2/c8-4-1-2-7(12)10-5-3-6(9)11/h1-5H2,(H2,9,11)(H,10,12). The second kappa shape index (κ2) is 6.91. The van der Waals surface area contributed by atoms with Crippen molar-refractivity contribution in [1.29, 1.82) is 0 Å². The maximum Gasteiger partial charge on any atom is 0.220 e. The molecule has 0 heterocycles. The molecule has 0 rings (SSSR count). The van der Waals surface area contributed by atoms with E-state index in [9.17, 15) is 9.59 Å². The summed E-state index contributed by atoms with van der Waals surface area (Å²) in [6.07, 6.45) is 1.25. The van der Waals surface area contributed by atoms with Crippen molar-refractivity contribution in [2.24, 2.45) is 5.73 Å². The van der Waals surface area contributed by atoms with Crippen LogP contribution in [-0.2, 0) is 9.59 Å². The van der Waals surface area contributed by atoms with E-state index >= 15 is 0 Å². The number of halogens is 1. The molecule has 3 N–H and O–H groups in total. The van der Waals surface area contributed by atoms with Crippen LogP contribution >= 0.6 is 11.6 Å². The van der Waals surface area contributed by atoms with E-state index in [1.165, 1.54) is 0 Å². The highest BCUT2D eigenvalue weighted by Crippen LogP contribution is 1.91. The lowest BCUT2D eigenvalue weighted by Crippen LogP contribution is -2.27. The largest absolute Gasteiger partial charge is 0.370 e. The fourth-order valence-electron chi connectivity index (χ4n) is 0.641. The molecule has 0 aromatic rings. The summed E-state index contributed by atoms with van der Waals surface area (Å²) in [6, 6.07) is 0. The highest BCUT2D eigenvalue weighted by molar-refractivity contribution is 6.17. The minimum absolute atomic E-state index is 0.0862. The lowest BCUT2D eigenvalue weighted by atomic mass is 10.3. The van der Waals surface area contributed by atoms with E-state index in [0.29, 0.717) is 25.3 Å². The van der Waals surface area contributed by atoms with Gasteiger partial charge >= 0.3 is 0 Å². The van der Waals surface area contributed by atoms with Crippen molar-refractivity contribution in [3.8, 4) is 0 Å². The van der Waals surface area contributed by atoms with E-state index in [4.69, 9.17) is 17.3 Å². The first kappa shape index (κ1) is 11.2. The number of carbonyl (C=O) groups is 2. The minimum atomic E-state index is -0.410. The molecular weight excluding hydrogens is 180 g/mol. The van der Waals surface area contributed by atoms with Crippen LogP contribution in [0.2, 0.25) is 0 Å². The van der Waals surface area contributed by atoms with Crippen molar-refractivity contribution in [1.82, 2.24) is 5.32 Å². The second-order valence-corrected chi connectivity index (χ2v) is 2.74.